The summed E-state index contributed by atoms with van der Waals surface area (Å²) >= 11 is 0. The van der Waals surface area contributed by atoms with Gasteiger partial charge in [0.25, 0.3) is 15.9 Å². The third kappa shape index (κ3) is 5.94. The number of hydrogen-bond acceptors (Lipinski definition) is 5. The van der Waals surface area contributed by atoms with Crippen LogP contribution in [0.1, 0.15) is 29.3 Å². The molecule has 0 bridgehead atoms. The van der Waals surface area contributed by atoms with Gasteiger partial charge in [0.15, 0.2) is 0 Å². The fourth-order valence-electron chi connectivity index (χ4n) is 2.98. The lowest BCUT2D eigenvalue weighted by atomic mass is 10.1. The van der Waals surface area contributed by atoms with Crippen LogP contribution in [0.5, 0.6) is 0 Å². The first-order chi connectivity index (χ1) is 15.1. The standard InChI is InChI=1S/C22H23N3O5S2/c1-2-4-16-7-13-20(14-8-16)32(29,30)25-18-11-9-17(10-12-18)22(26)24-19-5-3-6-21(15-19)31(23,27)28/h3,5-15,25H,2,4H2,1H3,(H,24,26)(H2,23,27,28). The molecule has 0 spiro atoms. The van der Waals surface area contributed by atoms with Crippen molar-refractivity contribution in [3.8, 4) is 0 Å². The molecule has 3 aromatic carbocycles. The Labute approximate surface area is 187 Å². The number of amides is 1. The molecule has 0 unspecified atom stereocenters. The van der Waals surface area contributed by atoms with Crippen molar-refractivity contribution >= 4 is 37.3 Å². The quantitative estimate of drug-likeness (QED) is 0.461. The van der Waals surface area contributed by atoms with Crippen LogP contribution >= 0.6 is 0 Å². The van der Waals surface area contributed by atoms with Gasteiger partial charge in [0.1, 0.15) is 0 Å². The van der Waals surface area contributed by atoms with E-state index in [2.05, 4.69) is 17.0 Å². The van der Waals surface area contributed by atoms with E-state index in [0.29, 0.717) is 5.69 Å². The Morgan fingerprint density at radius 1 is 0.844 bits per heavy atom. The van der Waals surface area contributed by atoms with Gasteiger partial charge < -0.3 is 5.32 Å². The van der Waals surface area contributed by atoms with Crippen LogP contribution in [0.4, 0.5) is 11.4 Å². The minimum Gasteiger partial charge on any atom is -0.322 e. The highest BCUT2D eigenvalue weighted by Crippen LogP contribution is 2.19. The van der Waals surface area contributed by atoms with E-state index in [4.69, 9.17) is 5.14 Å². The lowest BCUT2D eigenvalue weighted by molar-refractivity contribution is 0.102. The summed E-state index contributed by atoms with van der Waals surface area (Å²) in [6.07, 6.45) is 1.85. The topological polar surface area (TPSA) is 135 Å². The Bertz CT molecular complexity index is 1320. The van der Waals surface area contributed by atoms with Crippen molar-refractivity contribution in [3.63, 3.8) is 0 Å². The second kappa shape index (κ2) is 9.51. The first-order valence-electron chi connectivity index (χ1n) is 9.74. The van der Waals surface area contributed by atoms with Gasteiger partial charge in [-0.05, 0) is 66.6 Å². The van der Waals surface area contributed by atoms with E-state index in [-0.39, 0.29) is 21.0 Å². The lowest BCUT2D eigenvalue weighted by Crippen LogP contribution is -2.15. The summed E-state index contributed by atoms with van der Waals surface area (Å²) in [4.78, 5) is 12.5. The molecule has 0 aliphatic rings. The van der Waals surface area contributed by atoms with Gasteiger partial charge in [-0.25, -0.2) is 22.0 Å². The van der Waals surface area contributed by atoms with Gasteiger partial charge in [0.05, 0.1) is 9.79 Å². The largest absolute Gasteiger partial charge is 0.322 e. The number of sulfonamides is 2. The molecule has 0 heterocycles. The van der Waals surface area contributed by atoms with Crippen LogP contribution in [-0.2, 0) is 26.5 Å². The minimum absolute atomic E-state index is 0.122. The Balaban J connectivity index is 1.70. The predicted molar refractivity (Wildman–Crippen MR) is 123 cm³/mol. The summed E-state index contributed by atoms with van der Waals surface area (Å²) in [5.41, 5.74) is 1.89. The molecule has 3 aromatic rings. The van der Waals surface area contributed by atoms with Gasteiger partial charge in [0, 0.05) is 16.9 Å². The first kappa shape index (κ1) is 23.5. The second-order valence-corrected chi connectivity index (χ2v) is 10.3. The fraction of sp³-hybridized carbons (Fsp3) is 0.136. The third-order valence-electron chi connectivity index (χ3n) is 4.59. The molecular weight excluding hydrogens is 450 g/mol. The average molecular weight is 474 g/mol. The highest BCUT2D eigenvalue weighted by atomic mass is 32.2. The number of aryl methyl sites for hydroxylation is 1. The van der Waals surface area contributed by atoms with Crippen LogP contribution in [0.15, 0.2) is 82.6 Å². The van der Waals surface area contributed by atoms with Crippen molar-refractivity contribution in [1.29, 1.82) is 0 Å². The molecule has 0 saturated carbocycles. The minimum atomic E-state index is -3.89. The second-order valence-electron chi connectivity index (χ2n) is 7.10. The van der Waals surface area contributed by atoms with Crippen molar-refractivity contribution in [3.05, 3.63) is 83.9 Å². The summed E-state index contributed by atoms with van der Waals surface area (Å²) in [6, 6.07) is 18.1. The van der Waals surface area contributed by atoms with Gasteiger partial charge in [-0.2, -0.15) is 0 Å². The van der Waals surface area contributed by atoms with E-state index in [1.165, 1.54) is 48.5 Å². The number of carbonyl (C=O) groups is 1. The van der Waals surface area contributed by atoms with Crippen LogP contribution in [0.2, 0.25) is 0 Å². The van der Waals surface area contributed by atoms with Crippen LogP contribution < -0.4 is 15.2 Å². The number of hydrogen-bond donors (Lipinski definition) is 3. The smallest absolute Gasteiger partial charge is 0.261 e. The molecular formula is C22H23N3O5S2. The normalized spacial score (nSPS) is 11.7. The predicted octanol–water partition coefficient (Wildman–Crippen LogP) is 3.34. The summed E-state index contributed by atoms with van der Waals surface area (Å²) in [7, 11) is -7.66. The fourth-order valence-corrected chi connectivity index (χ4v) is 4.60. The molecule has 4 N–H and O–H groups in total. The SMILES string of the molecule is CCCc1ccc(S(=O)(=O)Nc2ccc(C(=O)Nc3cccc(S(N)(=O)=O)c3)cc2)cc1. The van der Waals surface area contributed by atoms with E-state index >= 15 is 0 Å². The monoisotopic (exact) mass is 473 g/mol. The highest BCUT2D eigenvalue weighted by Gasteiger charge is 2.15. The molecule has 10 heteroatoms. The maximum absolute atomic E-state index is 12.6. The Hall–Kier alpha value is -3.21. The average Bonchev–Trinajstić information content (AvgIpc) is 2.74. The van der Waals surface area contributed by atoms with E-state index in [9.17, 15) is 21.6 Å². The molecule has 168 valence electrons. The summed E-state index contributed by atoms with van der Waals surface area (Å²) in [5, 5.41) is 7.68. The Morgan fingerprint density at radius 3 is 2.09 bits per heavy atom. The van der Waals surface area contributed by atoms with Crippen molar-refractivity contribution in [1.82, 2.24) is 0 Å². The van der Waals surface area contributed by atoms with Crippen molar-refractivity contribution in [2.45, 2.75) is 29.6 Å². The number of primary sulfonamides is 1. The lowest BCUT2D eigenvalue weighted by Gasteiger charge is -2.10. The van der Waals surface area contributed by atoms with Gasteiger partial charge in [-0.15, -0.1) is 0 Å². The van der Waals surface area contributed by atoms with Gasteiger partial charge in [-0.3, -0.25) is 9.52 Å². The number of carbonyl (C=O) groups excluding carboxylic acids is 1. The van der Waals surface area contributed by atoms with E-state index < -0.39 is 26.0 Å². The van der Waals surface area contributed by atoms with Crippen LogP contribution in [0.25, 0.3) is 0 Å². The maximum atomic E-state index is 12.6. The number of anilines is 2. The van der Waals surface area contributed by atoms with Crippen LogP contribution in [-0.4, -0.2) is 22.7 Å². The van der Waals surface area contributed by atoms with Gasteiger partial charge >= 0.3 is 0 Å². The molecule has 32 heavy (non-hydrogen) atoms. The number of benzene rings is 3. The van der Waals surface area contributed by atoms with Crippen molar-refractivity contribution in [2.24, 2.45) is 5.14 Å². The Morgan fingerprint density at radius 2 is 1.50 bits per heavy atom. The molecule has 0 fully saturated rings. The molecule has 0 aliphatic heterocycles. The highest BCUT2D eigenvalue weighted by molar-refractivity contribution is 7.92. The van der Waals surface area contributed by atoms with E-state index in [1.807, 2.05) is 0 Å². The zero-order chi connectivity index (χ0) is 23.4. The van der Waals surface area contributed by atoms with E-state index in [0.717, 1.165) is 18.4 Å². The summed E-state index contributed by atoms with van der Waals surface area (Å²) in [6.45, 7) is 2.05. The number of nitrogens with two attached hydrogens (primary N) is 1. The number of rotatable bonds is 8. The molecule has 0 radical (unpaired) electrons. The van der Waals surface area contributed by atoms with Crippen LogP contribution in [0, 0.1) is 0 Å². The van der Waals surface area contributed by atoms with Gasteiger partial charge in [0.2, 0.25) is 10.0 Å². The van der Waals surface area contributed by atoms with Gasteiger partial charge in [-0.1, -0.05) is 31.5 Å². The zero-order valence-electron chi connectivity index (χ0n) is 17.3. The van der Waals surface area contributed by atoms with Crippen molar-refractivity contribution in [2.75, 3.05) is 10.0 Å². The molecule has 0 atom stereocenters. The molecule has 0 saturated heterocycles. The number of nitrogens with one attached hydrogen (secondary N) is 2. The molecule has 8 nitrogen and oxygen atoms in total. The molecule has 0 aromatic heterocycles. The third-order valence-corrected chi connectivity index (χ3v) is 6.90. The molecule has 3 rings (SSSR count). The molecule has 1 amide bonds. The Kier molecular flexibility index (Phi) is 6.97. The summed E-state index contributed by atoms with van der Waals surface area (Å²) in [5.74, 6) is -0.488. The maximum Gasteiger partial charge on any atom is 0.261 e. The first-order valence-corrected chi connectivity index (χ1v) is 12.8. The summed E-state index contributed by atoms with van der Waals surface area (Å²) < 4.78 is 50.6. The van der Waals surface area contributed by atoms with E-state index in [1.54, 1.807) is 24.3 Å². The van der Waals surface area contributed by atoms with Crippen molar-refractivity contribution < 1.29 is 21.6 Å². The molecule has 0 aliphatic carbocycles. The van der Waals surface area contributed by atoms with Crippen LogP contribution in [0.3, 0.4) is 0 Å². The zero-order valence-corrected chi connectivity index (χ0v) is 18.9.